The fourth-order valence-corrected chi connectivity index (χ4v) is 1.62. The minimum Gasteiger partial charge on any atom is -0.308 e. The first-order valence-electron chi connectivity index (χ1n) is 5.38. The fourth-order valence-electron chi connectivity index (χ4n) is 1.62. The normalized spacial score (nSPS) is 11.3. The zero-order chi connectivity index (χ0) is 12.4. The molecule has 17 heavy (non-hydrogen) atoms. The zero-order valence-electron chi connectivity index (χ0n) is 9.85. The van der Waals surface area contributed by atoms with Crippen molar-refractivity contribution in [1.29, 1.82) is 0 Å². The monoisotopic (exact) mass is 235 g/mol. The van der Waals surface area contributed by atoms with Crippen molar-refractivity contribution in [2.45, 2.75) is 6.54 Å². The van der Waals surface area contributed by atoms with Crippen LogP contribution in [0.2, 0.25) is 0 Å². The standard InChI is InChI=1S/C12H14FN3O/c1-15(2)6-7-16-8-14-11-9(12(16)17)4-3-5-10(11)13/h3-5,8H,6-7H2,1-2H3. The number of fused-ring (bicyclic) bond motifs is 1. The molecule has 0 saturated heterocycles. The van der Waals surface area contributed by atoms with Gasteiger partial charge in [0.15, 0.2) is 0 Å². The van der Waals surface area contributed by atoms with Gasteiger partial charge in [-0.25, -0.2) is 9.37 Å². The van der Waals surface area contributed by atoms with E-state index < -0.39 is 5.82 Å². The molecule has 0 aliphatic heterocycles. The van der Waals surface area contributed by atoms with E-state index in [0.29, 0.717) is 11.9 Å². The Morgan fingerprint density at radius 2 is 2.18 bits per heavy atom. The molecule has 1 aromatic heterocycles. The van der Waals surface area contributed by atoms with Crippen LogP contribution in [0.25, 0.3) is 10.9 Å². The molecule has 0 N–H and O–H groups in total. The first kappa shape index (κ1) is 11.7. The average Bonchev–Trinajstić information content (AvgIpc) is 2.29. The molecule has 0 aliphatic carbocycles. The highest BCUT2D eigenvalue weighted by molar-refractivity contribution is 5.77. The van der Waals surface area contributed by atoms with Crippen LogP contribution in [0.3, 0.4) is 0 Å². The number of aromatic nitrogens is 2. The van der Waals surface area contributed by atoms with E-state index in [0.717, 1.165) is 6.54 Å². The van der Waals surface area contributed by atoms with Crippen LogP contribution in [0.15, 0.2) is 29.3 Å². The van der Waals surface area contributed by atoms with E-state index in [1.54, 1.807) is 6.07 Å². The number of rotatable bonds is 3. The Bertz CT molecular complexity index is 592. The minimum atomic E-state index is -0.459. The SMILES string of the molecule is CN(C)CCn1cnc2c(F)cccc2c1=O. The molecule has 0 bridgehead atoms. The molecule has 1 aromatic carbocycles. The molecular weight excluding hydrogens is 221 g/mol. The zero-order valence-corrected chi connectivity index (χ0v) is 9.85. The topological polar surface area (TPSA) is 38.1 Å². The number of nitrogens with zero attached hydrogens (tertiary/aromatic N) is 3. The Labute approximate surface area is 98.3 Å². The summed E-state index contributed by atoms with van der Waals surface area (Å²) in [5.74, 6) is -0.459. The van der Waals surface area contributed by atoms with Crippen LogP contribution in [0.1, 0.15) is 0 Å². The summed E-state index contributed by atoms with van der Waals surface area (Å²) < 4.78 is 14.9. The van der Waals surface area contributed by atoms with Crippen molar-refractivity contribution in [3.05, 3.63) is 40.7 Å². The van der Waals surface area contributed by atoms with Crippen molar-refractivity contribution in [3.8, 4) is 0 Å². The van der Waals surface area contributed by atoms with E-state index in [2.05, 4.69) is 4.98 Å². The van der Waals surface area contributed by atoms with E-state index in [1.807, 2.05) is 19.0 Å². The van der Waals surface area contributed by atoms with Crippen LogP contribution in [0.5, 0.6) is 0 Å². The predicted octanol–water partition coefficient (Wildman–Crippen LogP) is 1.10. The number of halogens is 1. The van der Waals surface area contributed by atoms with Crippen molar-refractivity contribution < 1.29 is 4.39 Å². The van der Waals surface area contributed by atoms with E-state index in [1.165, 1.54) is 23.0 Å². The van der Waals surface area contributed by atoms with Crippen molar-refractivity contribution in [3.63, 3.8) is 0 Å². The molecule has 0 atom stereocenters. The molecule has 0 amide bonds. The molecule has 90 valence electrons. The molecule has 0 spiro atoms. The Hall–Kier alpha value is -1.75. The smallest absolute Gasteiger partial charge is 0.261 e. The van der Waals surface area contributed by atoms with Gasteiger partial charge in [-0.2, -0.15) is 0 Å². The Balaban J connectivity index is 2.48. The summed E-state index contributed by atoms with van der Waals surface area (Å²) >= 11 is 0. The minimum absolute atomic E-state index is 0.138. The summed E-state index contributed by atoms with van der Waals surface area (Å²) in [4.78, 5) is 18.0. The van der Waals surface area contributed by atoms with E-state index in [-0.39, 0.29) is 11.1 Å². The van der Waals surface area contributed by atoms with Crippen LogP contribution < -0.4 is 5.56 Å². The summed E-state index contributed by atoms with van der Waals surface area (Å²) in [6.45, 7) is 1.29. The van der Waals surface area contributed by atoms with Crippen LogP contribution in [0.4, 0.5) is 4.39 Å². The van der Waals surface area contributed by atoms with Crippen molar-refractivity contribution in [2.24, 2.45) is 0 Å². The second-order valence-electron chi connectivity index (χ2n) is 4.18. The third-order valence-electron chi connectivity index (χ3n) is 2.59. The van der Waals surface area contributed by atoms with Gasteiger partial charge in [0, 0.05) is 13.1 Å². The highest BCUT2D eigenvalue weighted by atomic mass is 19.1. The van der Waals surface area contributed by atoms with Crippen LogP contribution in [-0.2, 0) is 6.54 Å². The molecule has 2 rings (SSSR count). The average molecular weight is 235 g/mol. The highest BCUT2D eigenvalue weighted by Gasteiger charge is 2.07. The number of benzene rings is 1. The molecule has 5 heteroatoms. The Morgan fingerprint density at radius 1 is 1.41 bits per heavy atom. The second-order valence-corrected chi connectivity index (χ2v) is 4.18. The maximum absolute atomic E-state index is 13.4. The Morgan fingerprint density at radius 3 is 2.88 bits per heavy atom. The van der Waals surface area contributed by atoms with Gasteiger partial charge >= 0.3 is 0 Å². The van der Waals surface area contributed by atoms with Gasteiger partial charge in [-0.3, -0.25) is 9.36 Å². The quantitative estimate of drug-likeness (QED) is 0.799. The third-order valence-corrected chi connectivity index (χ3v) is 2.59. The lowest BCUT2D eigenvalue weighted by Gasteiger charge is -2.11. The molecule has 1 heterocycles. The van der Waals surface area contributed by atoms with Gasteiger partial charge in [0.25, 0.3) is 5.56 Å². The fraction of sp³-hybridized carbons (Fsp3) is 0.333. The van der Waals surface area contributed by atoms with Crippen molar-refractivity contribution >= 4 is 10.9 Å². The number of hydrogen-bond donors (Lipinski definition) is 0. The highest BCUT2D eigenvalue weighted by Crippen LogP contribution is 2.10. The van der Waals surface area contributed by atoms with Gasteiger partial charge in [-0.15, -0.1) is 0 Å². The lowest BCUT2D eigenvalue weighted by atomic mass is 10.2. The maximum Gasteiger partial charge on any atom is 0.261 e. The van der Waals surface area contributed by atoms with Gasteiger partial charge in [0.05, 0.1) is 11.7 Å². The Kier molecular flexibility index (Phi) is 3.19. The molecule has 0 unspecified atom stereocenters. The summed E-state index contributed by atoms with van der Waals surface area (Å²) in [7, 11) is 3.86. The number of likely N-dealkylation sites (N-methyl/N-ethyl adjacent to an activating group) is 1. The first-order chi connectivity index (χ1) is 8.09. The molecule has 0 saturated carbocycles. The van der Waals surface area contributed by atoms with Gasteiger partial charge in [0.2, 0.25) is 0 Å². The lowest BCUT2D eigenvalue weighted by Crippen LogP contribution is -2.26. The number of hydrogen-bond acceptors (Lipinski definition) is 3. The first-order valence-corrected chi connectivity index (χ1v) is 5.38. The third kappa shape index (κ3) is 2.34. The summed E-state index contributed by atoms with van der Waals surface area (Å²) in [5.41, 5.74) is -0.0602. The van der Waals surface area contributed by atoms with Gasteiger partial charge < -0.3 is 4.90 Å². The van der Waals surface area contributed by atoms with Gasteiger partial charge in [-0.05, 0) is 26.2 Å². The summed E-state index contributed by atoms with van der Waals surface area (Å²) in [6, 6.07) is 4.43. The predicted molar refractivity (Wildman–Crippen MR) is 64.5 cm³/mol. The molecule has 2 aromatic rings. The summed E-state index contributed by atoms with van der Waals surface area (Å²) in [5, 5.41) is 0.325. The molecule has 0 radical (unpaired) electrons. The second kappa shape index (κ2) is 4.63. The van der Waals surface area contributed by atoms with Gasteiger partial charge in [0.1, 0.15) is 11.3 Å². The summed E-state index contributed by atoms with van der Waals surface area (Å²) in [6.07, 6.45) is 1.40. The van der Waals surface area contributed by atoms with Crippen LogP contribution >= 0.6 is 0 Å². The number of para-hydroxylation sites is 1. The largest absolute Gasteiger partial charge is 0.308 e. The van der Waals surface area contributed by atoms with Crippen molar-refractivity contribution in [1.82, 2.24) is 14.5 Å². The molecule has 4 nitrogen and oxygen atoms in total. The van der Waals surface area contributed by atoms with Crippen LogP contribution in [-0.4, -0.2) is 35.1 Å². The van der Waals surface area contributed by atoms with Crippen LogP contribution in [0, 0.1) is 5.82 Å². The molecule has 0 fully saturated rings. The van der Waals surface area contributed by atoms with Crippen molar-refractivity contribution in [2.75, 3.05) is 20.6 Å². The van der Waals surface area contributed by atoms with E-state index >= 15 is 0 Å². The maximum atomic E-state index is 13.4. The molecular formula is C12H14FN3O. The van der Waals surface area contributed by atoms with E-state index in [4.69, 9.17) is 0 Å². The van der Waals surface area contributed by atoms with E-state index in [9.17, 15) is 9.18 Å². The molecule has 0 aliphatic rings. The lowest BCUT2D eigenvalue weighted by molar-refractivity contribution is 0.380. The van der Waals surface area contributed by atoms with Gasteiger partial charge in [-0.1, -0.05) is 6.07 Å².